The van der Waals surface area contributed by atoms with Crippen molar-refractivity contribution in [3.8, 4) is 0 Å². The molecule has 1 N–H and O–H groups in total. The first kappa shape index (κ1) is 24.0. The molecule has 6 nitrogen and oxygen atoms in total. The first-order chi connectivity index (χ1) is 16.0. The van der Waals surface area contributed by atoms with Crippen LogP contribution in [0, 0.1) is 6.92 Å². The van der Waals surface area contributed by atoms with Crippen molar-refractivity contribution in [2.45, 2.75) is 39.0 Å². The summed E-state index contributed by atoms with van der Waals surface area (Å²) in [6.07, 6.45) is 6.49. The molecule has 0 saturated carbocycles. The van der Waals surface area contributed by atoms with Gasteiger partial charge in [-0.2, -0.15) is 5.10 Å². The molecule has 176 valence electrons. The number of piperazine rings is 1. The van der Waals surface area contributed by atoms with Crippen LogP contribution in [0.5, 0.6) is 0 Å². The number of H-pyrrole nitrogens is 1. The molecule has 2 aliphatic heterocycles. The molecule has 0 bridgehead atoms. The largest absolute Gasteiger partial charge is 0.369 e. The summed E-state index contributed by atoms with van der Waals surface area (Å²) in [5, 5.41) is 7.92. The number of nitrogens with one attached hydrogen (secondary N) is 1. The second-order valence-electron chi connectivity index (χ2n) is 8.68. The molecular formula is C25H31ClN4O2S. The number of aromatic nitrogens is 2. The molecule has 0 radical (unpaired) electrons. The molecule has 1 saturated heterocycles. The number of aromatic amines is 1. The van der Waals surface area contributed by atoms with Gasteiger partial charge in [0.15, 0.2) is 5.78 Å². The number of allylic oxidation sites excluding steroid dienone is 1. The summed E-state index contributed by atoms with van der Waals surface area (Å²) in [6.45, 7) is 6.18. The fourth-order valence-electron chi connectivity index (χ4n) is 4.45. The van der Waals surface area contributed by atoms with Gasteiger partial charge in [-0.15, -0.1) is 0 Å². The van der Waals surface area contributed by atoms with Gasteiger partial charge in [0.1, 0.15) is 5.69 Å². The summed E-state index contributed by atoms with van der Waals surface area (Å²) in [6, 6.07) is 7.96. The van der Waals surface area contributed by atoms with Crippen LogP contribution in [0.2, 0.25) is 5.02 Å². The number of anilines is 1. The number of halogens is 1. The first-order valence-electron chi connectivity index (χ1n) is 11.7. The van der Waals surface area contributed by atoms with Gasteiger partial charge in [-0.3, -0.25) is 19.6 Å². The number of aryl methyl sites for hydroxylation is 1. The summed E-state index contributed by atoms with van der Waals surface area (Å²) in [5.41, 5.74) is 3.65. The highest BCUT2D eigenvalue weighted by molar-refractivity contribution is 8.14. The number of nitrogens with zero attached hydrogens (tertiary/aromatic N) is 3. The van der Waals surface area contributed by atoms with Crippen molar-refractivity contribution >= 4 is 45.5 Å². The number of carbonyl (C=O) groups excluding carboxylic acids is 2. The number of thioether (sulfide) groups is 1. The topological polar surface area (TPSA) is 69.3 Å². The summed E-state index contributed by atoms with van der Waals surface area (Å²) >= 11 is 7.46. The van der Waals surface area contributed by atoms with Crippen LogP contribution < -0.4 is 4.90 Å². The highest BCUT2D eigenvalue weighted by atomic mass is 35.5. The fraction of sp³-hybridized carbons (Fsp3) is 0.480. The lowest BCUT2D eigenvalue weighted by atomic mass is 9.95. The standard InChI is InChI=1S/C25H31ClN4O2S/c1-18-23-21(22(31)9-4-2-3-5-16-33-25(32)24(23)28-27-18)10-11-29-12-14-30(15-13-29)20-8-6-7-19(26)17-20/h6-8,10,17H,2-5,9,11-16H2,1H3,(H,27,28)/b21-10-. The van der Waals surface area contributed by atoms with E-state index < -0.39 is 0 Å². The lowest BCUT2D eigenvalue weighted by Gasteiger charge is -2.35. The van der Waals surface area contributed by atoms with E-state index in [1.807, 2.05) is 31.2 Å². The van der Waals surface area contributed by atoms with E-state index in [1.165, 1.54) is 11.8 Å². The van der Waals surface area contributed by atoms with E-state index >= 15 is 0 Å². The predicted molar refractivity (Wildman–Crippen MR) is 136 cm³/mol. The molecule has 1 fully saturated rings. The predicted octanol–water partition coefficient (Wildman–Crippen LogP) is 4.98. The van der Waals surface area contributed by atoms with Crippen molar-refractivity contribution in [1.29, 1.82) is 0 Å². The monoisotopic (exact) mass is 486 g/mol. The summed E-state index contributed by atoms with van der Waals surface area (Å²) < 4.78 is 0. The van der Waals surface area contributed by atoms with E-state index in [0.29, 0.717) is 29.8 Å². The van der Waals surface area contributed by atoms with Crippen LogP contribution in [-0.2, 0) is 4.79 Å². The lowest BCUT2D eigenvalue weighted by molar-refractivity contribution is -0.113. The molecule has 0 unspecified atom stereocenters. The van der Waals surface area contributed by atoms with E-state index in [0.717, 1.165) is 74.0 Å². The molecule has 1 aromatic carbocycles. The van der Waals surface area contributed by atoms with E-state index in [1.54, 1.807) is 0 Å². The average molecular weight is 487 g/mol. The lowest BCUT2D eigenvalue weighted by Crippen LogP contribution is -2.46. The van der Waals surface area contributed by atoms with Crippen molar-refractivity contribution in [3.05, 3.63) is 52.3 Å². The Bertz CT molecular complexity index is 1030. The Kier molecular flexibility index (Phi) is 8.28. The third-order valence-corrected chi connectivity index (χ3v) is 7.52. The Morgan fingerprint density at radius 2 is 1.91 bits per heavy atom. The normalized spacial score (nSPS) is 20.4. The van der Waals surface area contributed by atoms with Gasteiger partial charge in [0.05, 0.1) is 0 Å². The number of hydrogen-bond acceptors (Lipinski definition) is 6. The second kappa shape index (κ2) is 11.4. The molecule has 8 heteroatoms. The molecule has 0 aliphatic carbocycles. The van der Waals surface area contributed by atoms with Crippen molar-refractivity contribution in [2.75, 3.05) is 43.4 Å². The Morgan fingerprint density at radius 1 is 1.12 bits per heavy atom. The third-order valence-electron chi connectivity index (χ3n) is 6.34. The van der Waals surface area contributed by atoms with Gasteiger partial charge in [-0.05, 0) is 38.0 Å². The Morgan fingerprint density at radius 3 is 2.70 bits per heavy atom. The molecule has 2 aliphatic rings. The maximum atomic E-state index is 13.2. The number of ketones is 1. The average Bonchev–Trinajstić information content (AvgIpc) is 3.19. The highest BCUT2D eigenvalue weighted by Gasteiger charge is 2.25. The molecular weight excluding hydrogens is 456 g/mol. The van der Waals surface area contributed by atoms with Crippen LogP contribution in [0.3, 0.4) is 0 Å². The van der Waals surface area contributed by atoms with Crippen LogP contribution in [-0.4, -0.2) is 64.5 Å². The van der Waals surface area contributed by atoms with Gasteiger partial charge in [-0.25, -0.2) is 0 Å². The maximum Gasteiger partial charge on any atom is 0.240 e. The number of carbonyl (C=O) groups is 2. The minimum absolute atomic E-state index is 0.0521. The van der Waals surface area contributed by atoms with Crippen LogP contribution in [0.4, 0.5) is 5.69 Å². The molecule has 0 spiro atoms. The van der Waals surface area contributed by atoms with Gasteiger partial charge in [0, 0.05) is 72.4 Å². The number of benzene rings is 1. The van der Waals surface area contributed by atoms with Gasteiger partial charge in [-0.1, -0.05) is 48.3 Å². The van der Waals surface area contributed by atoms with E-state index in [4.69, 9.17) is 11.6 Å². The summed E-state index contributed by atoms with van der Waals surface area (Å²) in [5.74, 6) is 0.908. The van der Waals surface area contributed by atoms with Gasteiger partial charge in [0.25, 0.3) is 0 Å². The maximum absolute atomic E-state index is 13.2. The number of Topliss-reactive ketones (excluding diaryl/α,β-unsaturated/α-hetero) is 1. The summed E-state index contributed by atoms with van der Waals surface area (Å²) in [4.78, 5) is 30.7. The van der Waals surface area contributed by atoms with E-state index in [2.05, 4.69) is 26.1 Å². The number of rotatable bonds is 3. The third kappa shape index (κ3) is 6.08. The van der Waals surface area contributed by atoms with Crippen LogP contribution in [0.25, 0.3) is 5.57 Å². The molecule has 0 amide bonds. The van der Waals surface area contributed by atoms with Crippen LogP contribution in [0.15, 0.2) is 30.3 Å². The van der Waals surface area contributed by atoms with E-state index in [9.17, 15) is 9.59 Å². The SMILES string of the molecule is Cc1[nH]nc2c1/C(=C\CN1CCN(c3cccc(Cl)c3)CC1)C(=O)CCCCCCSC2=O. The molecule has 1 aromatic heterocycles. The minimum Gasteiger partial charge on any atom is -0.369 e. The summed E-state index contributed by atoms with van der Waals surface area (Å²) in [7, 11) is 0. The Balaban J connectivity index is 1.50. The van der Waals surface area contributed by atoms with Crippen molar-refractivity contribution in [2.24, 2.45) is 0 Å². The van der Waals surface area contributed by atoms with E-state index in [-0.39, 0.29) is 10.9 Å². The van der Waals surface area contributed by atoms with Crippen molar-refractivity contribution in [1.82, 2.24) is 15.1 Å². The molecule has 33 heavy (non-hydrogen) atoms. The van der Waals surface area contributed by atoms with Gasteiger partial charge < -0.3 is 4.90 Å². The number of fused-ring (bicyclic) bond motifs is 1. The zero-order valence-corrected chi connectivity index (χ0v) is 20.7. The molecule has 2 aromatic rings. The van der Waals surface area contributed by atoms with Gasteiger partial charge >= 0.3 is 0 Å². The number of hydrogen-bond donors (Lipinski definition) is 1. The van der Waals surface area contributed by atoms with Crippen LogP contribution >= 0.6 is 23.4 Å². The quantitative estimate of drug-likeness (QED) is 0.617. The van der Waals surface area contributed by atoms with Crippen molar-refractivity contribution in [3.63, 3.8) is 0 Å². The molecule has 3 heterocycles. The highest BCUT2D eigenvalue weighted by Crippen LogP contribution is 2.29. The molecule has 0 atom stereocenters. The second-order valence-corrected chi connectivity index (χ2v) is 10.2. The smallest absolute Gasteiger partial charge is 0.240 e. The minimum atomic E-state index is -0.0521. The Labute approximate surface area is 204 Å². The van der Waals surface area contributed by atoms with Crippen LogP contribution in [0.1, 0.15) is 53.8 Å². The first-order valence-corrected chi connectivity index (χ1v) is 13.1. The zero-order chi connectivity index (χ0) is 23.2. The fourth-order valence-corrected chi connectivity index (χ4v) is 5.46. The Hall–Kier alpha value is -2.09. The van der Waals surface area contributed by atoms with Gasteiger partial charge in [0.2, 0.25) is 5.12 Å². The molecule has 4 rings (SSSR count). The zero-order valence-electron chi connectivity index (χ0n) is 19.1. The van der Waals surface area contributed by atoms with Crippen molar-refractivity contribution < 1.29 is 9.59 Å².